The number of aromatic nitrogens is 2. The van der Waals surface area contributed by atoms with E-state index in [9.17, 15) is 4.79 Å². The molecule has 3 aromatic rings. The first-order chi connectivity index (χ1) is 12.6. The summed E-state index contributed by atoms with van der Waals surface area (Å²) in [7, 11) is 2.17. The van der Waals surface area contributed by atoms with Crippen molar-refractivity contribution in [2.75, 3.05) is 25.5 Å². The highest BCUT2D eigenvalue weighted by atomic mass is 35.5. The van der Waals surface area contributed by atoms with Crippen LogP contribution in [0.15, 0.2) is 42.7 Å². The molecule has 1 amide bonds. The third kappa shape index (κ3) is 3.45. The van der Waals surface area contributed by atoms with Gasteiger partial charge >= 0.3 is 0 Å². The van der Waals surface area contributed by atoms with Gasteiger partial charge in [-0.15, -0.1) is 0 Å². The molecule has 1 aliphatic heterocycles. The van der Waals surface area contributed by atoms with Gasteiger partial charge in [-0.2, -0.15) is 0 Å². The number of carbonyl (C=O) groups is 1. The average Bonchev–Trinajstić information content (AvgIpc) is 3.06. The second-order valence-electron chi connectivity index (χ2n) is 6.91. The van der Waals surface area contributed by atoms with Crippen molar-refractivity contribution < 1.29 is 4.79 Å². The maximum absolute atomic E-state index is 12.4. The molecule has 0 radical (unpaired) electrons. The van der Waals surface area contributed by atoms with Crippen molar-refractivity contribution in [1.82, 2.24) is 14.9 Å². The Morgan fingerprint density at radius 2 is 2.08 bits per heavy atom. The van der Waals surface area contributed by atoms with E-state index >= 15 is 0 Å². The van der Waals surface area contributed by atoms with Crippen LogP contribution in [0.4, 0.5) is 5.69 Å². The highest BCUT2D eigenvalue weighted by molar-refractivity contribution is 6.29. The molecule has 5 nitrogen and oxygen atoms in total. The smallest absolute Gasteiger partial charge is 0.257 e. The van der Waals surface area contributed by atoms with Gasteiger partial charge in [0.2, 0.25) is 0 Å². The SMILES string of the molecule is CN1CCC(c2c[nH]c3ccc(NC(=O)c4ccc(Cl)nc4)cc23)CC1. The number of hydrogen-bond donors (Lipinski definition) is 2. The number of likely N-dealkylation sites (tertiary alicyclic amines) is 1. The van der Waals surface area contributed by atoms with Gasteiger partial charge in [-0.3, -0.25) is 4.79 Å². The fourth-order valence-electron chi connectivity index (χ4n) is 3.59. The number of halogens is 1. The summed E-state index contributed by atoms with van der Waals surface area (Å²) in [4.78, 5) is 22.1. The van der Waals surface area contributed by atoms with Crippen LogP contribution in [-0.2, 0) is 0 Å². The molecule has 1 saturated heterocycles. The first-order valence-corrected chi connectivity index (χ1v) is 9.20. The van der Waals surface area contributed by atoms with Crippen molar-refractivity contribution in [1.29, 1.82) is 0 Å². The summed E-state index contributed by atoms with van der Waals surface area (Å²) in [5, 5.41) is 4.51. The third-order valence-electron chi connectivity index (χ3n) is 5.12. The van der Waals surface area contributed by atoms with Crippen molar-refractivity contribution in [2.45, 2.75) is 18.8 Å². The quantitative estimate of drug-likeness (QED) is 0.678. The molecule has 0 atom stereocenters. The van der Waals surface area contributed by atoms with Crippen molar-refractivity contribution in [3.63, 3.8) is 0 Å². The van der Waals surface area contributed by atoms with E-state index in [1.807, 2.05) is 12.1 Å². The predicted molar refractivity (Wildman–Crippen MR) is 105 cm³/mol. The van der Waals surface area contributed by atoms with Crippen LogP contribution in [0.1, 0.15) is 34.7 Å². The maximum Gasteiger partial charge on any atom is 0.257 e. The van der Waals surface area contributed by atoms with Gasteiger partial charge in [0.15, 0.2) is 0 Å². The zero-order valence-corrected chi connectivity index (χ0v) is 15.4. The highest BCUT2D eigenvalue weighted by Gasteiger charge is 2.21. The fraction of sp³-hybridized carbons (Fsp3) is 0.300. The second-order valence-corrected chi connectivity index (χ2v) is 7.29. The Kier molecular flexibility index (Phi) is 4.66. The molecule has 0 aliphatic carbocycles. The number of hydrogen-bond acceptors (Lipinski definition) is 3. The third-order valence-corrected chi connectivity index (χ3v) is 5.34. The van der Waals surface area contributed by atoms with Gasteiger partial charge in [-0.1, -0.05) is 11.6 Å². The van der Waals surface area contributed by atoms with E-state index in [1.165, 1.54) is 17.1 Å². The molecule has 6 heteroatoms. The molecule has 0 unspecified atom stereocenters. The van der Waals surface area contributed by atoms with Crippen molar-refractivity contribution in [3.8, 4) is 0 Å². The van der Waals surface area contributed by atoms with Gasteiger partial charge in [0, 0.05) is 29.0 Å². The number of carbonyl (C=O) groups excluding carboxylic acids is 1. The Bertz CT molecular complexity index is 927. The Balaban J connectivity index is 1.57. The zero-order chi connectivity index (χ0) is 18.1. The van der Waals surface area contributed by atoms with E-state index < -0.39 is 0 Å². The summed E-state index contributed by atoms with van der Waals surface area (Å²) in [6.07, 6.45) is 5.93. The molecule has 1 aromatic carbocycles. The summed E-state index contributed by atoms with van der Waals surface area (Å²) in [6, 6.07) is 9.27. The summed E-state index contributed by atoms with van der Waals surface area (Å²) in [5.74, 6) is 0.372. The lowest BCUT2D eigenvalue weighted by Gasteiger charge is -2.28. The van der Waals surface area contributed by atoms with Gasteiger partial charge in [0.25, 0.3) is 5.91 Å². The molecule has 3 heterocycles. The van der Waals surface area contributed by atoms with E-state index in [2.05, 4.69) is 39.5 Å². The topological polar surface area (TPSA) is 61.0 Å². The van der Waals surface area contributed by atoms with Crippen LogP contribution in [-0.4, -0.2) is 40.9 Å². The molecule has 134 valence electrons. The zero-order valence-electron chi connectivity index (χ0n) is 14.6. The molecule has 4 rings (SSSR count). The first kappa shape index (κ1) is 17.1. The van der Waals surface area contributed by atoms with Gasteiger partial charge in [-0.25, -0.2) is 4.98 Å². The molecule has 26 heavy (non-hydrogen) atoms. The van der Waals surface area contributed by atoms with Crippen LogP contribution < -0.4 is 5.32 Å². The fourth-order valence-corrected chi connectivity index (χ4v) is 3.70. The number of piperidine rings is 1. The molecule has 2 aromatic heterocycles. The number of fused-ring (bicyclic) bond motifs is 1. The number of nitrogens with zero attached hydrogens (tertiary/aromatic N) is 2. The number of nitrogens with one attached hydrogen (secondary N) is 2. The standard InChI is InChI=1S/C20H21ClN4O/c1-25-8-6-13(7-9-25)17-12-22-18-4-3-15(10-16(17)18)24-20(26)14-2-5-19(21)23-11-14/h2-5,10-13,22H,6-9H2,1H3,(H,24,26). The number of H-pyrrole nitrogens is 1. The summed E-state index contributed by atoms with van der Waals surface area (Å²) in [6.45, 7) is 2.24. The lowest BCUT2D eigenvalue weighted by molar-refractivity contribution is 0.102. The van der Waals surface area contributed by atoms with Gasteiger partial charge < -0.3 is 15.2 Å². The number of aromatic amines is 1. The molecular weight excluding hydrogens is 348 g/mol. The first-order valence-electron chi connectivity index (χ1n) is 8.82. The van der Waals surface area contributed by atoms with Crippen LogP contribution >= 0.6 is 11.6 Å². The predicted octanol–water partition coefficient (Wildman–Crippen LogP) is 4.28. The average molecular weight is 369 g/mol. The molecule has 0 spiro atoms. The van der Waals surface area contributed by atoms with E-state index in [4.69, 9.17) is 11.6 Å². The molecule has 0 bridgehead atoms. The van der Waals surface area contributed by atoms with Crippen LogP contribution in [0.2, 0.25) is 5.15 Å². The maximum atomic E-state index is 12.4. The summed E-state index contributed by atoms with van der Waals surface area (Å²) >= 11 is 5.78. The van der Waals surface area contributed by atoms with Gasteiger partial charge in [0.05, 0.1) is 5.56 Å². The largest absolute Gasteiger partial charge is 0.361 e. The number of rotatable bonds is 3. The Morgan fingerprint density at radius 3 is 2.81 bits per heavy atom. The van der Waals surface area contributed by atoms with Gasteiger partial charge in [-0.05, 0) is 74.8 Å². The van der Waals surface area contributed by atoms with Crippen molar-refractivity contribution in [2.24, 2.45) is 0 Å². The van der Waals surface area contributed by atoms with E-state index in [0.717, 1.165) is 37.1 Å². The monoisotopic (exact) mass is 368 g/mol. The van der Waals surface area contributed by atoms with Crippen LogP contribution in [0, 0.1) is 0 Å². The minimum atomic E-state index is -0.190. The lowest BCUT2D eigenvalue weighted by Crippen LogP contribution is -2.29. The number of amides is 1. The van der Waals surface area contributed by atoms with Crippen LogP contribution in [0.3, 0.4) is 0 Å². The van der Waals surface area contributed by atoms with E-state index in [1.54, 1.807) is 12.1 Å². The minimum absolute atomic E-state index is 0.190. The molecule has 1 aliphatic rings. The van der Waals surface area contributed by atoms with Crippen molar-refractivity contribution in [3.05, 3.63) is 59.0 Å². The van der Waals surface area contributed by atoms with Crippen LogP contribution in [0.25, 0.3) is 10.9 Å². The molecule has 2 N–H and O–H groups in total. The van der Waals surface area contributed by atoms with Gasteiger partial charge in [0.1, 0.15) is 5.15 Å². The number of anilines is 1. The Hall–Kier alpha value is -2.37. The van der Waals surface area contributed by atoms with Crippen LogP contribution in [0.5, 0.6) is 0 Å². The second kappa shape index (κ2) is 7.09. The number of pyridine rings is 1. The van der Waals surface area contributed by atoms with E-state index in [-0.39, 0.29) is 5.91 Å². The summed E-state index contributed by atoms with van der Waals surface area (Å²) in [5.41, 5.74) is 3.72. The lowest BCUT2D eigenvalue weighted by atomic mass is 9.89. The molecule has 1 fully saturated rings. The molecular formula is C20H21ClN4O. The normalized spacial score (nSPS) is 16.1. The Labute approximate surface area is 157 Å². The van der Waals surface area contributed by atoms with Crippen molar-refractivity contribution >= 4 is 34.1 Å². The summed E-state index contributed by atoms with van der Waals surface area (Å²) < 4.78 is 0. The van der Waals surface area contributed by atoms with E-state index in [0.29, 0.717) is 16.6 Å². The number of benzene rings is 1. The highest BCUT2D eigenvalue weighted by Crippen LogP contribution is 2.34. The minimum Gasteiger partial charge on any atom is -0.361 e. The molecule has 0 saturated carbocycles. The Morgan fingerprint density at radius 1 is 1.27 bits per heavy atom.